The molecule has 0 aromatic carbocycles. The number of hydrogen-bond donors (Lipinski definition) is 0. The van der Waals surface area contributed by atoms with Crippen LogP contribution in [-0.4, -0.2) is 47.5 Å². The van der Waals surface area contributed by atoms with Crippen LogP contribution < -0.4 is 4.90 Å². The van der Waals surface area contributed by atoms with E-state index in [2.05, 4.69) is 27.2 Å². The molecule has 0 N–H and O–H groups in total. The molecule has 24 heavy (non-hydrogen) atoms. The normalized spacial score (nSPS) is 21.5. The van der Waals surface area contributed by atoms with Gasteiger partial charge in [0.15, 0.2) is 0 Å². The van der Waals surface area contributed by atoms with E-state index in [1.54, 1.807) is 17.7 Å². The van der Waals surface area contributed by atoms with Crippen molar-refractivity contribution in [3.05, 3.63) is 17.3 Å². The molecule has 2 aliphatic heterocycles. The van der Waals surface area contributed by atoms with Gasteiger partial charge in [0.2, 0.25) is 5.91 Å². The fourth-order valence-electron chi connectivity index (χ4n) is 4.09. The molecule has 4 heterocycles. The lowest BCUT2D eigenvalue weighted by atomic mass is 9.73. The van der Waals surface area contributed by atoms with Crippen LogP contribution in [0.25, 0.3) is 10.2 Å². The summed E-state index contributed by atoms with van der Waals surface area (Å²) < 4.78 is 1.21. The van der Waals surface area contributed by atoms with Crippen molar-refractivity contribution in [2.75, 3.05) is 31.6 Å². The van der Waals surface area contributed by atoms with Gasteiger partial charge in [-0.1, -0.05) is 0 Å². The molecule has 0 radical (unpaired) electrons. The maximum absolute atomic E-state index is 12.0. The summed E-state index contributed by atoms with van der Waals surface area (Å²) in [6, 6.07) is 0. The molecule has 1 amide bonds. The summed E-state index contributed by atoms with van der Waals surface area (Å²) in [6.45, 7) is 5.07. The van der Waals surface area contributed by atoms with Crippen molar-refractivity contribution in [3.8, 4) is 0 Å². The van der Waals surface area contributed by atoms with Gasteiger partial charge in [0, 0.05) is 33.1 Å². The fraction of sp³-hybridized carbons (Fsp3) is 0.611. The predicted molar refractivity (Wildman–Crippen MR) is 97.5 cm³/mol. The monoisotopic (exact) mass is 344 g/mol. The zero-order chi connectivity index (χ0) is 16.7. The Morgan fingerprint density at radius 2 is 1.88 bits per heavy atom. The Bertz CT molecular complexity index is 763. The quantitative estimate of drug-likeness (QED) is 0.797. The fourth-order valence-corrected chi connectivity index (χ4v) is 5.11. The second-order valence-electron chi connectivity index (χ2n) is 7.35. The first-order chi connectivity index (χ1) is 11.6. The molecule has 2 saturated heterocycles. The number of carbonyl (C=O) groups is 1. The van der Waals surface area contributed by atoms with Crippen LogP contribution in [-0.2, 0) is 4.79 Å². The molecule has 0 bridgehead atoms. The van der Waals surface area contributed by atoms with Crippen molar-refractivity contribution < 1.29 is 4.79 Å². The highest BCUT2D eigenvalue weighted by Gasteiger charge is 2.37. The summed E-state index contributed by atoms with van der Waals surface area (Å²) in [5, 5.41) is 2.17. The van der Waals surface area contributed by atoms with E-state index in [9.17, 15) is 4.79 Å². The molecular formula is C18H24N4OS. The van der Waals surface area contributed by atoms with Gasteiger partial charge in [0.1, 0.15) is 12.1 Å². The highest BCUT2D eigenvalue weighted by Crippen LogP contribution is 2.43. The largest absolute Gasteiger partial charge is 0.355 e. The molecule has 1 spiro atoms. The minimum atomic E-state index is 0.306. The number of hydrogen-bond acceptors (Lipinski definition) is 5. The Kier molecular flexibility index (Phi) is 3.95. The Balaban J connectivity index is 1.52. The van der Waals surface area contributed by atoms with E-state index in [0.29, 0.717) is 17.7 Å². The van der Waals surface area contributed by atoms with Crippen LogP contribution in [0.15, 0.2) is 11.7 Å². The molecule has 2 aromatic rings. The van der Waals surface area contributed by atoms with Crippen LogP contribution in [0.3, 0.4) is 0 Å². The van der Waals surface area contributed by atoms with Crippen molar-refractivity contribution in [2.45, 2.75) is 39.0 Å². The Hall–Kier alpha value is -1.69. The van der Waals surface area contributed by atoms with E-state index in [1.165, 1.54) is 10.3 Å². The second-order valence-corrected chi connectivity index (χ2v) is 8.23. The number of aryl methyl sites for hydroxylation is 1. The number of fused-ring (bicyclic) bond motifs is 1. The van der Waals surface area contributed by atoms with E-state index in [-0.39, 0.29) is 0 Å². The number of rotatable bonds is 1. The van der Waals surface area contributed by atoms with E-state index in [0.717, 1.165) is 56.7 Å². The lowest BCUT2D eigenvalue weighted by Gasteiger charge is -2.42. The number of amides is 1. The number of carbonyl (C=O) groups excluding carboxylic acids is 1. The molecule has 0 aliphatic carbocycles. The summed E-state index contributed by atoms with van der Waals surface area (Å²) in [5.74, 6) is 1.40. The van der Waals surface area contributed by atoms with Crippen molar-refractivity contribution in [2.24, 2.45) is 5.41 Å². The van der Waals surface area contributed by atoms with Crippen LogP contribution in [0.1, 0.15) is 37.7 Å². The highest BCUT2D eigenvalue weighted by molar-refractivity contribution is 7.18. The van der Waals surface area contributed by atoms with Crippen molar-refractivity contribution >= 4 is 33.3 Å². The Labute approximate surface area is 146 Å². The van der Waals surface area contributed by atoms with Crippen LogP contribution in [0.2, 0.25) is 0 Å². The van der Waals surface area contributed by atoms with E-state index >= 15 is 0 Å². The van der Waals surface area contributed by atoms with Gasteiger partial charge >= 0.3 is 0 Å². The van der Waals surface area contributed by atoms with Crippen molar-refractivity contribution in [1.29, 1.82) is 0 Å². The Morgan fingerprint density at radius 3 is 2.67 bits per heavy atom. The molecule has 4 rings (SSSR count). The summed E-state index contributed by atoms with van der Waals surface area (Å²) in [7, 11) is 1.94. The minimum Gasteiger partial charge on any atom is -0.355 e. The van der Waals surface area contributed by atoms with Gasteiger partial charge in [-0.25, -0.2) is 9.97 Å². The maximum Gasteiger partial charge on any atom is 0.222 e. The summed E-state index contributed by atoms with van der Waals surface area (Å²) in [6.07, 6.45) is 6.90. The molecule has 0 saturated carbocycles. The molecule has 2 fully saturated rings. The van der Waals surface area contributed by atoms with Gasteiger partial charge in [-0.15, -0.1) is 11.3 Å². The summed E-state index contributed by atoms with van der Waals surface area (Å²) in [4.78, 5) is 25.3. The van der Waals surface area contributed by atoms with Gasteiger partial charge < -0.3 is 9.80 Å². The maximum atomic E-state index is 12.0. The van der Waals surface area contributed by atoms with Gasteiger partial charge in [-0.2, -0.15) is 0 Å². The molecule has 128 valence electrons. The SMILES string of the molecule is Cc1csc2c(N3CCC4(CCC(=O)N(C)CC4)CC3)ncnc12. The van der Waals surface area contributed by atoms with E-state index < -0.39 is 0 Å². The van der Waals surface area contributed by atoms with E-state index in [1.807, 2.05) is 11.9 Å². The first kappa shape index (κ1) is 15.8. The number of thiophene rings is 1. The molecule has 0 unspecified atom stereocenters. The molecule has 2 aliphatic rings. The Morgan fingerprint density at radius 1 is 1.12 bits per heavy atom. The van der Waals surface area contributed by atoms with Crippen molar-refractivity contribution in [1.82, 2.24) is 14.9 Å². The third-order valence-corrected chi connectivity index (χ3v) is 6.99. The lowest BCUT2D eigenvalue weighted by molar-refractivity contribution is -0.129. The van der Waals surface area contributed by atoms with Crippen molar-refractivity contribution in [3.63, 3.8) is 0 Å². The lowest BCUT2D eigenvalue weighted by Crippen LogP contribution is -2.41. The molecule has 6 heteroatoms. The number of likely N-dealkylation sites (tertiary alicyclic amines) is 1. The van der Waals surface area contributed by atoms with Crippen LogP contribution in [0.5, 0.6) is 0 Å². The van der Waals surface area contributed by atoms with Gasteiger partial charge in [-0.05, 0) is 49.0 Å². The summed E-state index contributed by atoms with van der Waals surface area (Å²) in [5.41, 5.74) is 2.67. The van der Waals surface area contributed by atoms with Gasteiger partial charge in [-0.3, -0.25) is 4.79 Å². The van der Waals surface area contributed by atoms with Gasteiger partial charge in [0.05, 0.1) is 10.2 Å². The number of nitrogens with zero attached hydrogens (tertiary/aromatic N) is 4. The van der Waals surface area contributed by atoms with Crippen LogP contribution >= 0.6 is 11.3 Å². The van der Waals surface area contributed by atoms with Crippen LogP contribution in [0, 0.1) is 12.3 Å². The highest BCUT2D eigenvalue weighted by atomic mass is 32.1. The molecule has 0 atom stereocenters. The average molecular weight is 344 g/mol. The predicted octanol–water partition coefficient (Wildman–Crippen LogP) is 3.23. The number of piperidine rings is 1. The second kappa shape index (κ2) is 5.99. The topological polar surface area (TPSA) is 49.3 Å². The average Bonchev–Trinajstić information content (AvgIpc) is 2.93. The molecule has 2 aromatic heterocycles. The molecular weight excluding hydrogens is 320 g/mol. The number of aromatic nitrogens is 2. The zero-order valence-corrected chi connectivity index (χ0v) is 15.2. The third-order valence-electron chi connectivity index (χ3n) is 5.91. The number of anilines is 1. The summed E-state index contributed by atoms with van der Waals surface area (Å²) >= 11 is 1.75. The zero-order valence-electron chi connectivity index (χ0n) is 14.4. The smallest absolute Gasteiger partial charge is 0.222 e. The minimum absolute atomic E-state index is 0.306. The van der Waals surface area contributed by atoms with Crippen LogP contribution in [0.4, 0.5) is 5.82 Å². The molecule has 5 nitrogen and oxygen atoms in total. The first-order valence-electron chi connectivity index (χ1n) is 8.76. The first-order valence-corrected chi connectivity index (χ1v) is 9.64. The van der Waals surface area contributed by atoms with E-state index in [4.69, 9.17) is 0 Å². The third kappa shape index (κ3) is 2.66. The standard InChI is InChI=1S/C18H24N4OS/c1-13-11-24-16-15(13)19-12-20-17(16)22-9-6-18(7-10-22)4-3-14(23)21(2)8-5-18/h11-12H,3-10H2,1-2H3. The van der Waals surface area contributed by atoms with Gasteiger partial charge in [0.25, 0.3) is 0 Å².